The molecule has 0 fully saturated rings. The van der Waals surface area contributed by atoms with E-state index >= 15 is 0 Å². The van der Waals surface area contributed by atoms with Crippen LogP contribution in [-0.2, 0) is 0 Å². The molecule has 1 rings (SSSR count). The molecule has 0 radical (unpaired) electrons. The van der Waals surface area contributed by atoms with Crippen molar-refractivity contribution < 1.29 is 0 Å². The van der Waals surface area contributed by atoms with E-state index in [2.05, 4.69) is 5.92 Å². The zero-order valence-corrected chi connectivity index (χ0v) is 6.81. The van der Waals surface area contributed by atoms with Crippen LogP contribution in [-0.4, -0.2) is 0 Å². The molecule has 0 amide bonds. The number of aryl methyl sites for hydroxylation is 2. The minimum Gasteiger partial charge on any atom is -0.398 e. The minimum absolute atomic E-state index is 0.699. The first kappa shape index (κ1) is 7.68. The molecule has 0 aliphatic rings. The molecule has 2 N–H and O–H groups in total. The summed E-state index contributed by atoms with van der Waals surface area (Å²) in [5.74, 6) is 2.57. The summed E-state index contributed by atoms with van der Waals surface area (Å²) in [7, 11) is 0. The summed E-state index contributed by atoms with van der Waals surface area (Å²) in [6.07, 6.45) is 5.27. The monoisotopic (exact) mass is 145 g/mol. The van der Waals surface area contributed by atoms with Gasteiger partial charge in [0, 0.05) is 5.69 Å². The van der Waals surface area contributed by atoms with E-state index in [0.29, 0.717) is 5.69 Å². The van der Waals surface area contributed by atoms with E-state index in [1.807, 2.05) is 26.0 Å². The minimum atomic E-state index is 0.699. The van der Waals surface area contributed by atoms with Crippen molar-refractivity contribution in [2.24, 2.45) is 0 Å². The van der Waals surface area contributed by atoms with Gasteiger partial charge in [-0.15, -0.1) is 6.42 Å². The SMILES string of the molecule is C#Cc1c(C)cc(C)cc1N. The molecule has 0 aliphatic heterocycles. The summed E-state index contributed by atoms with van der Waals surface area (Å²) >= 11 is 0. The second-order valence-corrected chi connectivity index (χ2v) is 2.69. The van der Waals surface area contributed by atoms with Crippen molar-refractivity contribution in [3.8, 4) is 12.3 Å². The van der Waals surface area contributed by atoms with Gasteiger partial charge < -0.3 is 5.73 Å². The van der Waals surface area contributed by atoms with Gasteiger partial charge in [-0.25, -0.2) is 0 Å². The van der Waals surface area contributed by atoms with E-state index in [1.165, 1.54) is 0 Å². The third-order valence-corrected chi connectivity index (χ3v) is 1.65. The van der Waals surface area contributed by atoms with Crippen LogP contribution >= 0.6 is 0 Å². The molecule has 0 unspecified atom stereocenters. The second-order valence-electron chi connectivity index (χ2n) is 2.69. The van der Waals surface area contributed by atoms with Gasteiger partial charge in [-0.3, -0.25) is 0 Å². The topological polar surface area (TPSA) is 26.0 Å². The number of hydrogen-bond donors (Lipinski definition) is 1. The van der Waals surface area contributed by atoms with E-state index < -0.39 is 0 Å². The summed E-state index contributed by atoms with van der Waals surface area (Å²) < 4.78 is 0. The van der Waals surface area contributed by atoms with Gasteiger partial charge in [0.05, 0.1) is 5.56 Å². The van der Waals surface area contributed by atoms with E-state index in [4.69, 9.17) is 12.2 Å². The first-order valence-electron chi connectivity index (χ1n) is 3.48. The van der Waals surface area contributed by atoms with Crippen molar-refractivity contribution >= 4 is 5.69 Å². The number of nitrogens with two attached hydrogens (primary N) is 1. The molecule has 56 valence electrons. The van der Waals surface area contributed by atoms with E-state index in [9.17, 15) is 0 Å². The lowest BCUT2D eigenvalue weighted by molar-refractivity contribution is 1.37. The van der Waals surface area contributed by atoms with Gasteiger partial charge in [0.15, 0.2) is 0 Å². The Labute approximate surface area is 67.2 Å². The average Bonchev–Trinajstić information content (AvgIpc) is 1.85. The number of anilines is 1. The zero-order chi connectivity index (χ0) is 8.43. The smallest absolute Gasteiger partial charge is 0.0501 e. The van der Waals surface area contributed by atoms with Crippen molar-refractivity contribution in [2.75, 3.05) is 5.73 Å². The molecular weight excluding hydrogens is 134 g/mol. The molecule has 0 bridgehead atoms. The lowest BCUT2D eigenvalue weighted by Crippen LogP contribution is -1.93. The highest BCUT2D eigenvalue weighted by Gasteiger charge is 1.99. The van der Waals surface area contributed by atoms with E-state index in [-0.39, 0.29) is 0 Å². The summed E-state index contributed by atoms with van der Waals surface area (Å²) in [5, 5.41) is 0. The molecule has 1 heteroatoms. The number of nitrogen functional groups attached to an aromatic ring is 1. The summed E-state index contributed by atoms with van der Waals surface area (Å²) in [6.45, 7) is 3.97. The molecule has 1 aromatic carbocycles. The fourth-order valence-electron chi connectivity index (χ4n) is 1.20. The largest absolute Gasteiger partial charge is 0.398 e. The lowest BCUT2D eigenvalue weighted by Gasteiger charge is -2.03. The van der Waals surface area contributed by atoms with Gasteiger partial charge in [0.1, 0.15) is 0 Å². The Hall–Kier alpha value is -1.42. The fraction of sp³-hybridized carbons (Fsp3) is 0.200. The first-order chi connectivity index (χ1) is 5.15. The third-order valence-electron chi connectivity index (χ3n) is 1.65. The Morgan fingerprint density at radius 2 is 2.00 bits per heavy atom. The summed E-state index contributed by atoms with van der Waals surface area (Å²) in [4.78, 5) is 0. The van der Waals surface area contributed by atoms with Gasteiger partial charge >= 0.3 is 0 Å². The van der Waals surface area contributed by atoms with Crippen LogP contribution < -0.4 is 5.73 Å². The van der Waals surface area contributed by atoms with Gasteiger partial charge in [-0.05, 0) is 31.0 Å². The zero-order valence-electron chi connectivity index (χ0n) is 6.81. The molecule has 0 atom stereocenters. The van der Waals surface area contributed by atoms with Crippen LogP contribution in [0.4, 0.5) is 5.69 Å². The molecule has 0 heterocycles. The molecule has 0 spiro atoms. The Balaban J connectivity index is 3.40. The second kappa shape index (κ2) is 2.67. The molecule has 0 aliphatic carbocycles. The van der Waals surface area contributed by atoms with Crippen molar-refractivity contribution in [2.45, 2.75) is 13.8 Å². The third kappa shape index (κ3) is 1.35. The highest BCUT2D eigenvalue weighted by atomic mass is 14.6. The van der Waals surface area contributed by atoms with Crippen molar-refractivity contribution in [1.29, 1.82) is 0 Å². The van der Waals surface area contributed by atoms with Crippen LogP contribution in [0.5, 0.6) is 0 Å². The van der Waals surface area contributed by atoms with E-state index in [0.717, 1.165) is 16.7 Å². The van der Waals surface area contributed by atoms with Crippen molar-refractivity contribution in [3.63, 3.8) is 0 Å². The average molecular weight is 145 g/mol. The Morgan fingerprint density at radius 3 is 2.45 bits per heavy atom. The quantitative estimate of drug-likeness (QED) is 0.437. The van der Waals surface area contributed by atoms with Crippen LogP contribution in [0.1, 0.15) is 16.7 Å². The molecule has 0 saturated heterocycles. The summed E-state index contributed by atoms with van der Waals surface area (Å²) in [6, 6.07) is 3.92. The maximum absolute atomic E-state index is 5.69. The molecule has 11 heavy (non-hydrogen) atoms. The lowest BCUT2D eigenvalue weighted by atomic mass is 10.0. The first-order valence-corrected chi connectivity index (χ1v) is 3.48. The number of hydrogen-bond acceptors (Lipinski definition) is 1. The Bertz CT molecular complexity index is 295. The Kier molecular flexibility index (Phi) is 1.87. The van der Waals surface area contributed by atoms with E-state index in [1.54, 1.807) is 0 Å². The number of benzene rings is 1. The Morgan fingerprint density at radius 1 is 1.36 bits per heavy atom. The van der Waals surface area contributed by atoms with Crippen LogP contribution in [0.3, 0.4) is 0 Å². The number of rotatable bonds is 0. The maximum atomic E-state index is 5.69. The van der Waals surface area contributed by atoms with Crippen LogP contribution in [0.25, 0.3) is 0 Å². The van der Waals surface area contributed by atoms with Gasteiger partial charge in [-0.2, -0.15) is 0 Å². The highest BCUT2D eigenvalue weighted by molar-refractivity contribution is 5.60. The highest BCUT2D eigenvalue weighted by Crippen LogP contribution is 2.17. The molecule has 1 aromatic rings. The van der Waals surface area contributed by atoms with Gasteiger partial charge in [0.25, 0.3) is 0 Å². The van der Waals surface area contributed by atoms with Gasteiger partial charge in [-0.1, -0.05) is 12.0 Å². The van der Waals surface area contributed by atoms with Crippen molar-refractivity contribution in [1.82, 2.24) is 0 Å². The summed E-state index contributed by atoms with van der Waals surface area (Å²) in [5.41, 5.74) is 9.43. The number of terminal acetylenes is 1. The standard InChI is InChI=1S/C10H11N/c1-4-9-8(3)5-7(2)6-10(9)11/h1,5-6H,11H2,2-3H3. The molecular formula is C10H11N. The molecule has 0 aromatic heterocycles. The fourth-order valence-corrected chi connectivity index (χ4v) is 1.20. The predicted octanol–water partition coefficient (Wildman–Crippen LogP) is 1.87. The molecule has 0 saturated carbocycles. The van der Waals surface area contributed by atoms with Crippen LogP contribution in [0, 0.1) is 26.2 Å². The maximum Gasteiger partial charge on any atom is 0.0501 e. The molecule has 1 nitrogen and oxygen atoms in total. The van der Waals surface area contributed by atoms with Crippen LogP contribution in [0.15, 0.2) is 12.1 Å². The normalized spacial score (nSPS) is 9.18. The predicted molar refractivity (Wildman–Crippen MR) is 48.3 cm³/mol. The van der Waals surface area contributed by atoms with Crippen LogP contribution in [0.2, 0.25) is 0 Å². The van der Waals surface area contributed by atoms with Crippen molar-refractivity contribution in [3.05, 3.63) is 28.8 Å². The van der Waals surface area contributed by atoms with Gasteiger partial charge in [0.2, 0.25) is 0 Å².